The minimum atomic E-state index is -5.05. The molecule has 92 valence electrons. The Balaban J connectivity index is 0.00000289. The first kappa shape index (κ1) is 17.9. The molecule has 0 bridgehead atoms. The molecule has 1 rings (SSSR count). The van der Waals surface area contributed by atoms with Gasteiger partial charge in [0.1, 0.15) is 10.1 Å². The van der Waals surface area contributed by atoms with Crippen molar-refractivity contribution in [3.05, 3.63) is 37.4 Å². The predicted octanol–water partition coefficient (Wildman–Crippen LogP) is -1.94. The Morgan fingerprint density at radius 2 is 1.39 bits per heavy atom. The van der Waals surface area contributed by atoms with E-state index in [0.29, 0.717) is 12.1 Å². The van der Waals surface area contributed by atoms with E-state index in [2.05, 4.69) is 0 Å². The summed E-state index contributed by atoms with van der Waals surface area (Å²) in [6.07, 6.45) is 0. The number of benzene rings is 1. The zero-order valence-electron chi connectivity index (χ0n) is 8.69. The second-order valence-electron chi connectivity index (χ2n) is 2.74. The molecule has 0 heterocycles. The van der Waals surface area contributed by atoms with Crippen molar-refractivity contribution in [3.8, 4) is 0 Å². The average Bonchev–Trinajstić information content (AvgIpc) is 2.14. The van der Waals surface area contributed by atoms with Crippen molar-refractivity contribution in [1.29, 1.82) is 0 Å². The molecular formula is C6H2ClKN2O7S. The number of nitrogens with zero attached hydrogens (tertiary/aromatic N) is 2. The van der Waals surface area contributed by atoms with E-state index in [-0.39, 0.29) is 51.4 Å². The van der Waals surface area contributed by atoms with Crippen molar-refractivity contribution in [2.45, 2.75) is 4.90 Å². The first-order chi connectivity index (χ1) is 7.64. The van der Waals surface area contributed by atoms with Crippen LogP contribution in [0.3, 0.4) is 0 Å². The van der Waals surface area contributed by atoms with E-state index in [1.807, 2.05) is 0 Å². The molecule has 1 aromatic carbocycles. The van der Waals surface area contributed by atoms with Gasteiger partial charge < -0.3 is 4.55 Å². The van der Waals surface area contributed by atoms with Crippen LogP contribution in [-0.2, 0) is 10.1 Å². The molecule has 0 saturated carbocycles. The first-order valence-corrected chi connectivity index (χ1v) is 5.51. The summed E-state index contributed by atoms with van der Waals surface area (Å²) in [4.78, 5) is 17.6. The molecule has 0 fully saturated rings. The Hall–Kier alpha value is -0.144. The minimum absolute atomic E-state index is 0. The zero-order chi connectivity index (χ0) is 13.4. The normalized spacial score (nSPS) is 10.6. The van der Waals surface area contributed by atoms with Crippen molar-refractivity contribution >= 4 is 33.1 Å². The van der Waals surface area contributed by atoms with E-state index < -0.39 is 41.3 Å². The Kier molecular flexibility index (Phi) is 6.29. The Bertz CT molecular complexity index is 581. The van der Waals surface area contributed by atoms with Gasteiger partial charge in [0.05, 0.1) is 14.7 Å². The van der Waals surface area contributed by atoms with Crippen molar-refractivity contribution in [2.75, 3.05) is 0 Å². The maximum atomic E-state index is 10.6. The van der Waals surface area contributed by atoms with Crippen LogP contribution < -0.4 is 51.4 Å². The monoisotopic (exact) mass is 320 g/mol. The maximum Gasteiger partial charge on any atom is 1.00 e. The third kappa shape index (κ3) is 3.93. The zero-order valence-corrected chi connectivity index (χ0v) is 13.4. The third-order valence-electron chi connectivity index (χ3n) is 1.69. The Labute approximate surface area is 148 Å². The van der Waals surface area contributed by atoms with Crippen LogP contribution in [-0.4, -0.2) is 22.8 Å². The van der Waals surface area contributed by atoms with E-state index in [4.69, 9.17) is 11.6 Å². The van der Waals surface area contributed by atoms with Crippen molar-refractivity contribution in [1.82, 2.24) is 0 Å². The minimum Gasteiger partial charge on any atom is -0.744 e. The standard InChI is InChI=1S/C6H3ClN2O7S.K/c7-6-4(8(10)11)1-3(17(14,15)16)2-5(6)9(12)13;/h1-2H,(H,14,15,16);/q;+1/p-1. The van der Waals surface area contributed by atoms with Crippen LogP contribution in [0.25, 0.3) is 0 Å². The number of nitro benzene ring substituents is 2. The number of nitro groups is 2. The van der Waals surface area contributed by atoms with Gasteiger partial charge in [0.25, 0.3) is 11.4 Å². The Morgan fingerprint density at radius 3 is 1.61 bits per heavy atom. The van der Waals surface area contributed by atoms with Gasteiger partial charge in [-0.1, -0.05) is 11.6 Å². The van der Waals surface area contributed by atoms with E-state index in [1.165, 1.54) is 0 Å². The van der Waals surface area contributed by atoms with Gasteiger partial charge in [0.2, 0.25) is 0 Å². The van der Waals surface area contributed by atoms with Crippen LogP contribution in [0.2, 0.25) is 5.02 Å². The van der Waals surface area contributed by atoms with Gasteiger partial charge in [-0.2, -0.15) is 0 Å². The predicted molar refractivity (Wildman–Crippen MR) is 52.7 cm³/mol. The summed E-state index contributed by atoms with van der Waals surface area (Å²) >= 11 is 5.34. The van der Waals surface area contributed by atoms with Crippen LogP contribution in [0.1, 0.15) is 0 Å². The molecule has 0 N–H and O–H groups in total. The summed E-state index contributed by atoms with van der Waals surface area (Å²) in [6, 6.07) is 0.745. The second-order valence-corrected chi connectivity index (χ2v) is 4.50. The number of hydrogen-bond acceptors (Lipinski definition) is 7. The summed E-state index contributed by atoms with van der Waals surface area (Å²) in [5, 5.41) is 20.1. The summed E-state index contributed by atoms with van der Waals surface area (Å²) in [5.41, 5.74) is -2.04. The molecule has 0 aliphatic heterocycles. The van der Waals surface area contributed by atoms with Gasteiger partial charge in [-0.05, 0) is 0 Å². The van der Waals surface area contributed by atoms with Gasteiger partial charge in [0.15, 0.2) is 5.02 Å². The van der Waals surface area contributed by atoms with Crippen LogP contribution in [0.15, 0.2) is 17.0 Å². The molecule has 0 saturated heterocycles. The summed E-state index contributed by atoms with van der Waals surface area (Å²) in [6.45, 7) is 0. The van der Waals surface area contributed by atoms with E-state index in [0.717, 1.165) is 0 Å². The fourth-order valence-corrected chi connectivity index (χ4v) is 1.74. The molecule has 0 aromatic heterocycles. The van der Waals surface area contributed by atoms with Crippen LogP contribution >= 0.6 is 11.6 Å². The SMILES string of the molecule is O=[N+]([O-])c1cc(S(=O)(=O)[O-])cc([N+](=O)[O-])c1Cl.[K+]. The molecule has 0 radical (unpaired) electrons. The fourth-order valence-electron chi connectivity index (χ4n) is 0.979. The van der Waals surface area contributed by atoms with Gasteiger partial charge in [-0.25, -0.2) is 8.42 Å². The topological polar surface area (TPSA) is 143 Å². The third-order valence-corrected chi connectivity index (χ3v) is 2.89. The summed E-state index contributed by atoms with van der Waals surface area (Å²) in [7, 11) is -5.05. The van der Waals surface area contributed by atoms with Gasteiger partial charge >= 0.3 is 51.4 Å². The number of halogens is 1. The van der Waals surface area contributed by atoms with Crippen molar-refractivity contribution in [2.24, 2.45) is 0 Å². The summed E-state index contributed by atoms with van der Waals surface area (Å²) in [5.74, 6) is 0. The van der Waals surface area contributed by atoms with Gasteiger partial charge in [0, 0.05) is 12.1 Å². The average molecular weight is 321 g/mol. The van der Waals surface area contributed by atoms with E-state index >= 15 is 0 Å². The quantitative estimate of drug-likeness (QED) is 0.273. The molecule has 18 heavy (non-hydrogen) atoms. The molecule has 0 spiro atoms. The summed E-state index contributed by atoms with van der Waals surface area (Å²) < 4.78 is 31.9. The Morgan fingerprint density at radius 1 is 1.06 bits per heavy atom. The van der Waals surface area contributed by atoms with Crippen LogP contribution in [0, 0.1) is 20.2 Å². The molecule has 0 amide bonds. The molecule has 0 unspecified atom stereocenters. The van der Waals surface area contributed by atoms with Crippen molar-refractivity contribution in [3.63, 3.8) is 0 Å². The number of hydrogen-bond donors (Lipinski definition) is 0. The van der Waals surface area contributed by atoms with E-state index in [9.17, 15) is 33.2 Å². The largest absolute Gasteiger partial charge is 1.00 e. The van der Waals surface area contributed by atoms with Gasteiger partial charge in [-0.3, -0.25) is 20.2 Å². The molecule has 12 heteroatoms. The molecule has 9 nitrogen and oxygen atoms in total. The van der Waals surface area contributed by atoms with Crippen molar-refractivity contribution < 1.29 is 74.2 Å². The van der Waals surface area contributed by atoms with Crippen LogP contribution in [0.4, 0.5) is 11.4 Å². The smallest absolute Gasteiger partial charge is 0.744 e. The maximum absolute atomic E-state index is 10.6. The molecule has 0 atom stereocenters. The second kappa shape index (κ2) is 6.34. The molecule has 1 aromatic rings. The van der Waals surface area contributed by atoms with Gasteiger partial charge in [-0.15, -0.1) is 0 Å². The molecular weight excluding hydrogens is 319 g/mol. The first-order valence-electron chi connectivity index (χ1n) is 3.73. The molecule has 0 aliphatic carbocycles. The fraction of sp³-hybridized carbons (Fsp3) is 0. The number of rotatable bonds is 3. The van der Waals surface area contributed by atoms with E-state index in [1.54, 1.807) is 0 Å². The van der Waals surface area contributed by atoms with Crippen LogP contribution in [0.5, 0.6) is 0 Å². The molecule has 0 aliphatic rings.